The van der Waals surface area contributed by atoms with Crippen molar-refractivity contribution in [3.8, 4) is 0 Å². The van der Waals surface area contributed by atoms with E-state index >= 15 is 0 Å². The molecule has 0 spiro atoms. The average Bonchev–Trinajstić information content (AvgIpc) is 2.68. The predicted octanol–water partition coefficient (Wildman–Crippen LogP) is 2.13. The van der Waals surface area contributed by atoms with Crippen LogP contribution in [0.25, 0.3) is 0 Å². The normalized spacial score (nSPS) is 12.0. The summed E-state index contributed by atoms with van der Waals surface area (Å²) in [4.78, 5) is 4.40. The van der Waals surface area contributed by atoms with Gasteiger partial charge in [0.05, 0.1) is 11.5 Å². The van der Waals surface area contributed by atoms with Gasteiger partial charge < -0.3 is 15.4 Å². The summed E-state index contributed by atoms with van der Waals surface area (Å²) >= 11 is 5.99. The number of nitrogens with one attached hydrogen (secondary N) is 3. The summed E-state index contributed by atoms with van der Waals surface area (Å²) in [6, 6.07) is 14.3. The van der Waals surface area contributed by atoms with Crippen molar-refractivity contribution >= 4 is 27.6 Å². The molecule has 0 heterocycles. The van der Waals surface area contributed by atoms with E-state index in [-0.39, 0.29) is 11.4 Å². The van der Waals surface area contributed by atoms with Crippen LogP contribution in [0.5, 0.6) is 0 Å². The first-order chi connectivity index (χ1) is 13.4. The van der Waals surface area contributed by atoms with Gasteiger partial charge in [0.1, 0.15) is 0 Å². The molecule has 2 aromatic carbocycles. The number of sulfonamides is 1. The zero-order valence-corrected chi connectivity index (χ0v) is 17.5. The van der Waals surface area contributed by atoms with Crippen LogP contribution < -0.4 is 15.4 Å². The van der Waals surface area contributed by atoms with E-state index < -0.39 is 10.0 Å². The number of methoxy groups -OCH3 is 1. The summed E-state index contributed by atoms with van der Waals surface area (Å²) in [7, 11) is -0.314. The fraction of sp³-hybridized carbons (Fsp3) is 0.316. The van der Waals surface area contributed by atoms with Crippen LogP contribution in [0.15, 0.2) is 58.4 Å². The van der Waals surface area contributed by atoms with Gasteiger partial charge in [-0.05, 0) is 35.4 Å². The summed E-state index contributed by atoms with van der Waals surface area (Å²) in [5.41, 5.74) is 1.98. The molecule has 0 bridgehead atoms. The number of hydrogen-bond acceptors (Lipinski definition) is 4. The fourth-order valence-electron chi connectivity index (χ4n) is 2.39. The van der Waals surface area contributed by atoms with Crippen LogP contribution >= 0.6 is 11.6 Å². The molecule has 28 heavy (non-hydrogen) atoms. The Labute approximate surface area is 171 Å². The third-order valence-corrected chi connectivity index (χ3v) is 5.58. The van der Waals surface area contributed by atoms with Crippen molar-refractivity contribution in [3.05, 3.63) is 64.7 Å². The number of hydrogen-bond donors (Lipinski definition) is 3. The van der Waals surface area contributed by atoms with Crippen molar-refractivity contribution in [2.75, 3.05) is 27.3 Å². The van der Waals surface area contributed by atoms with Gasteiger partial charge in [-0.3, -0.25) is 4.99 Å². The molecule has 0 saturated carbocycles. The van der Waals surface area contributed by atoms with E-state index in [0.29, 0.717) is 30.7 Å². The molecule has 0 fully saturated rings. The van der Waals surface area contributed by atoms with Crippen molar-refractivity contribution in [2.45, 2.75) is 18.0 Å². The van der Waals surface area contributed by atoms with E-state index in [9.17, 15) is 8.42 Å². The largest absolute Gasteiger partial charge is 0.383 e. The summed E-state index contributed by atoms with van der Waals surface area (Å²) < 4.78 is 31.6. The van der Waals surface area contributed by atoms with Gasteiger partial charge in [-0.2, -0.15) is 0 Å². The maximum Gasteiger partial charge on any atom is 0.240 e. The van der Waals surface area contributed by atoms with Gasteiger partial charge in [0.2, 0.25) is 10.0 Å². The third-order valence-electron chi connectivity index (χ3n) is 3.86. The molecule has 0 aliphatic heterocycles. The minimum atomic E-state index is -3.53. The molecule has 2 aromatic rings. The fourth-order valence-corrected chi connectivity index (χ4v) is 3.61. The van der Waals surface area contributed by atoms with E-state index in [1.807, 2.05) is 24.3 Å². The highest BCUT2D eigenvalue weighted by atomic mass is 35.5. The highest BCUT2D eigenvalue weighted by Gasteiger charge is 2.12. The Kier molecular flexibility index (Phi) is 8.72. The second kappa shape index (κ2) is 11.0. The highest BCUT2D eigenvalue weighted by molar-refractivity contribution is 7.89. The van der Waals surface area contributed by atoms with Gasteiger partial charge in [-0.25, -0.2) is 13.1 Å². The second-order valence-electron chi connectivity index (χ2n) is 5.94. The lowest BCUT2D eigenvalue weighted by atomic mass is 10.2. The molecule has 0 radical (unpaired) electrons. The first-order valence-electron chi connectivity index (χ1n) is 8.71. The Morgan fingerprint density at radius 3 is 2.36 bits per heavy atom. The first kappa shape index (κ1) is 22.2. The molecular weight excluding hydrogens is 400 g/mol. The lowest BCUT2D eigenvalue weighted by Gasteiger charge is -2.13. The van der Waals surface area contributed by atoms with Crippen molar-refractivity contribution in [1.82, 2.24) is 15.4 Å². The van der Waals surface area contributed by atoms with Crippen LogP contribution in [0.4, 0.5) is 0 Å². The molecule has 152 valence electrons. The van der Waals surface area contributed by atoms with E-state index in [0.717, 1.165) is 11.1 Å². The lowest BCUT2D eigenvalue weighted by Crippen LogP contribution is -2.36. The number of guanidine groups is 1. The molecule has 9 heteroatoms. The SMILES string of the molecule is CN=C(NCc1ccc(S(=O)(=O)NCCOC)cc1)NCc1cccc(Cl)c1. The predicted molar refractivity (Wildman–Crippen MR) is 112 cm³/mol. The number of halogens is 1. The number of rotatable bonds is 9. The maximum atomic E-state index is 12.2. The first-order valence-corrected chi connectivity index (χ1v) is 10.6. The van der Waals surface area contributed by atoms with Gasteiger partial charge in [0.25, 0.3) is 0 Å². The minimum Gasteiger partial charge on any atom is -0.383 e. The molecule has 0 aromatic heterocycles. The van der Waals surface area contributed by atoms with Gasteiger partial charge in [0.15, 0.2) is 5.96 Å². The van der Waals surface area contributed by atoms with Crippen LogP contribution in [-0.2, 0) is 27.8 Å². The van der Waals surface area contributed by atoms with Gasteiger partial charge >= 0.3 is 0 Å². The van der Waals surface area contributed by atoms with Crippen LogP contribution in [0.2, 0.25) is 5.02 Å². The Bertz CT molecular complexity index is 886. The smallest absolute Gasteiger partial charge is 0.240 e. The van der Waals surface area contributed by atoms with Crippen LogP contribution in [0.1, 0.15) is 11.1 Å². The number of nitrogens with zero attached hydrogens (tertiary/aromatic N) is 1. The standard InChI is InChI=1S/C19H25ClN4O3S/c1-21-19(23-14-16-4-3-5-17(20)12-16)22-13-15-6-8-18(9-7-15)28(25,26)24-10-11-27-2/h3-9,12,24H,10-11,13-14H2,1-2H3,(H2,21,22,23). The molecule has 0 amide bonds. The van der Waals surface area contributed by atoms with Crippen LogP contribution in [0, 0.1) is 0 Å². The minimum absolute atomic E-state index is 0.218. The van der Waals surface area contributed by atoms with Crippen molar-refractivity contribution in [1.29, 1.82) is 0 Å². The Morgan fingerprint density at radius 2 is 1.75 bits per heavy atom. The van der Waals surface area contributed by atoms with Crippen molar-refractivity contribution in [2.24, 2.45) is 4.99 Å². The Morgan fingerprint density at radius 1 is 1.07 bits per heavy atom. The second-order valence-corrected chi connectivity index (χ2v) is 8.15. The molecule has 0 saturated heterocycles. The summed E-state index contributed by atoms with van der Waals surface area (Å²) in [6.07, 6.45) is 0. The van der Waals surface area contributed by atoms with E-state index in [2.05, 4.69) is 20.3 Å². The van der Waals surface area contributed by atoms with E-state index in [4.69, 9.17) is 16.3 Å². The van der Waals surface area contributed by atoms with Crippen LogP contribution in [0.3, 0.4) is 0 Å². The summed E-state index contributed by atoms with van der Waals surface area (Å²) in [5.74, 6) is 0.637. The average molecular weight is 425 g/mol. The van der Waals surface area contributed by atoms with Gasteiger partial charge in [-0.15, -0.1) is 0 Å². The zero-order chi connectivity index (χ0) is 20.4. The number of benzene rings is 2. The monoisotopic (exact) mass is 424 g/mol. The van der Waals surface area contributed by atoms with E-state index in [1.165, 1.54) is 7.11 Å². The van der Waals surface area contributed by atoms with E-state index in [1.54, 1.807) is 31.3 Å². The van der Waals surface area contributed by atoms with Gasteiger partial charge in [0, 0.05) is 38.8 Å². The zero-order valence-electron chi connectivity index (χ0n) is 15.9. The lowest BCUT2D eigenvalue weighted by molar-refractivity contribution is 0.204. The molecule has 0 aliphatic carbocycles. The number of aliphatic imine (C=N–C) groups is 1. The van der Waals surface area contributed by atoms with Crippen molar-refractivity contribution in [3.63, 3.8) is 0 Å². The molecule has 0 aliphatic rings. The van der Waals surface area contributed by atoms with Crippen LogP contribution in [-0.4, -0.2) is 41.7 Å². The topological polar surface area (TPSA) is 91.8 Å². The molecule has 2 rings (SSSR count). The molecular formula is C19H25ClN4O3S. The van der Waals surface area contributed by atoms with Gasteiger partial charge in [-0.1, -0.05) is 35.9 Å². The highest BCUT2D eigenvalue weighted by Crippen LogP contribution is 2.11. The Balaban J connectivity index is 1.87. The number of ether oxygens (including phenoxy) is 1. The Hall–Kier alpha value is -2.13. The summed E-state index contributed by atoms with van der Waals surface area (Å²) in [6.45, 7) is 1.65. The summed E-state index contributed by atoms with van der Waals surface area (Å²) in [5, 5.41) is 7.09. The third kappa shape index (κ3) is 7.12. The molecule has 0 atom stereocenters. The molecule has 0 unspecified atom stereocenters. The van der Waals surface area contributed by atoms with Crippen molar-refractivity contribution < 1.29 is 13.2 Å². The maximum absolute atomic E-state index is 12.2. The molecule has 3 N–H and O–H groups in total. The quantitative estimate of drug-likeness (QED) is 0.326. The molecule has 7 nitrogen and oxygen atoms in total.